The third kappa shape index (κ3) is 6.72. The van der Waals surface area contributed by atoms with Crippen molar-refractivity contribution in [2.24, 2.45) is 5.92 Å². The number of carboxylic acids is 1. The minimum atomic E-state index is -1.02. The molecule has 0 spiro atoms. The van der Waals surface area contributed by atoms with Crippen LogP contribution < -0.4 is 0 Å². The Balaban J connectivity index is 2.65. The van der Waals surface area contributed by atoms with Crippen molar-refractivity contribution in [1.29, 1.82) is 0 Å². The SMILES string of the molecule is COCCN(CC(=O)O)C(=O)Cc1ccc(CC(C)C)cc1. The zero-order chi connectivity index (χ0) is 16.5. The topological polar surface area (TPSA) is 66.8 Å². The summed E-state index contributed by atoms with van der Waals surface area (Å²) in [6.45, 7) is 4.64. The number of carbonyl (C=O) groups is 2. The summed E-state index contributed by atoms with van der Waals surface area (Å²) in [5.41, 5.74) is 2.14. The van der Waals surface area contributed by atoms with Gasteiger partial charge >= 0.3 is 5.97 Å². The lowest BCUT2D eigenvalue weighted by Crippen LogP contribution is -2.38. The molecule has 0 unspecified atom stereocenters. The van der Waals surface area contributed by atoms with Crippen LogP contribution in [0.5, 0.6) is 0 Å². The number of amides is 1. The third-order valence-corrected chi connectivity index (χ3v) is 3.27. The van der Waals surface area contributed by atoms with Gasteiger partial charge in [-0.2, -0.15) is 0 Å². The second-order valence-electron chi connectivity index (χ2n) is 5.79. The Bertz CT molecular complexity index is 482. The second kappa shape index (κ2) is 9.20. The fourth-order valence-corrected chi connectivity index (χ4v) is 2.21. The van der Waals surface area contributed by atoms with Gasteiger partial charge in [-0.1, -0.05) is 38.1 Å². The van der Waals surface area contributed by atoms with Crippen molar-refractivity contribution < 1.29 is 19.4 Å². The van der Waals surface area contributed by atoms with Crippen LogP contribution in [0.3, 0.4) is 0 Å². The summed E-state index contributed by atoms with van der Waals surface area (Å²) >= 11 is 0. The van der Waals surface area contributed by atoms with Crippen LogP contribution in [-0.2, 0) is 27.2 Å². The molecule has 22 heavy (non-hydrogen) atoms. The van der Waals surface area contributed by atoms with Crippen LogP contribution in [0.25, 0.3) is 0 Å². The fraction of sp³-hybridized carbons (Fsp3) is 0.529. The molecule has 0 atom stereocenters. The number of ether oxygens (including phenoxy) is 1. The highest BCUT2D eigenvalue weighted by Crippen LogP contribution is 2.11. The van der Waals surface area contributed by atoms with Gasteiger partial charge in [-0.25, -0.2) is 0 Å². The van der Waals surface area contributed by atoms with Crippen molar-refractivity contribution in [2.75, 3.05) is 26.8 Å². The first-order valence-corrected chi connectivity index (χ1v) is 7.48. The van der Waals surface area contributed by atoms with E-state index in [1.165, 1.54) is 17.6 Å². The van der Waals surface area contributed by atoms with Gasteiger partial charge < -0.3 is 14.7 Å². The molecule has 0 aromatic heterocycles. The Morgan fingerprint density at radius 1 is 1.18 bits per heavy atom. The number of nitrogens with zero attached hydrogens (tertiary/aromatic N) is 1. The van der Waals surface area contributed by atoms with Gasteiger partial charge in [-0.05, 0) is 23.5 Å². The molecule has 5 nitrogen and oxygen atoms in total. The molecule has 0 saturated carbocycles. The van der Waals surface area contributed by atoms with Gasteiger partial charge in [0, 0.05) is 13.7 Å². The summed E-state index contributed by atoms with van der Waals surface area (Å²) in [5, 5.41) is 8.88. The highest BCUT2D eigenvalue weighted by molar-refractivity contribution is 5.83. The molecule has 1 N–H and O–H groups in total. The molecule has 0 radical (unpaired) electrons. The van der Waals surface area contributed by atoms with E-state index in [1.807, 2.05) is 24.3 Å². The number of rotatable bonds is 9. The molecule has 0 aliphatic rings. The second-order valence-corrected chi connectivity index (χ2v) is 5.79. The first-order chi connectivity index (χ1) is 10.4. The number of hydrogen-bond donors (Lipinski definition) is 1. The maximum Gasteiger partial charge on any atom is 0.323 e. The zero-order valence-corrected chi connectivity index (χ0v) is 13.5. The molecule has 0 heterocycles. The molecule has 1 aromatic rings. The zero-order valence-electron chi connectivity index (χ0n) is 13.5. The first kappa shape index (κ1) is 18.2. The Labute approximate surface area is 131 Å². The largest absolute Gasteiger partial charge is 0.480 e. The Morgan fingerprint density at radius 3 is 2.27 bits per heavy atom. The van der Waals surface area contributed by atoms with Crippen LogP contribution >= 0.6 is 0 Å². The van der Waals surface area contributed by atoms with E-state index in [-0.39, 0.29) is 25.4 Å². The quantitative estimate of drug-likeness (QED) is 0.757. The lowest BCUT2D eigenvalue weighted by atomic mass is 10.0. The molecule has 0 aliphatic carbocycles. The van der Waals surface area contributed by atoms with Crippen molar-refractivity contribution >= 4 is 11.9 Å². The van der Waals surface area contributed by atoms with Gasteiger partial charge in [0.2, 0.25) is 5.91 Å². The van der Waals surface area contributed by atoms with Gasteiger partial charge in [-0.15, -0.1) is 0 Å². The van der Waals surface area contributed by atoms with Crippen molar-refractivity contribution in [2.45, 2.75) is 26.7 Å². The average molecular weight is 307 g/mol. The molecule has 122 valence electrons. The van der Waals surface area contributed by atoms with E-state index in [0.717, 1.165) is 12.0 Å². The number of benzene rings is 1. The van der Waals surface area contributed by atoms with Gasteiger partial charge in [0.15, 0.2) is 0 Å². The minimum absolute atomic E-state index is 0.198. The van der Waals surface area contributed by atoms with E-state index in [0.29, 0.717) is 12.5 Å². The molecular formula is C17H25NO4. The number of carboxylic acid groups (broad SMARTS) is 1. The summed E-state index contributed by atoms with van der Waals surface area (Å²) in [4.78, 5) is 24.4. The van der Waals surface area contributed by atoms with E-state index in [1.54, 1.807) is 0 Å². The van der Waals surface area contributed by atoms with E-state index < -0.39 is 5.97 Å². The molecule has 0 aliphatic heterocycles. The normalized spacial score (nSPS) is 10.7. The maximum absolute atomic E-state index is 12.2. The molecule has 0 fully saturated rings. The van der Waals surface area contributed by atoms with Crippen LogP contribution in [0.1, 0.15) is 25.0 Å². The highest BCUT2D eigenvalue weighted by atomic mass is 16.5. The van der Waals surface area contributed by atoms with Crippen molar-refractivity contribution in [1.82, 2.24) is 4.90 Å². The predicted molar refractivity (Wildman–Crippen MR) is 84.8 cm³/mol. The Kier molecular flexibility index (Phi) is 7.60. The molecule has 0 bridgehead atoms. The number of methoxy groups -OCH3 is 1. The molecule has 1 rings (SSSR count). The number of hydrogen-bond acceptors (Lipinski definition) is 3. The van der Waals surface area contributed by atoms with Gasteiger partial charge in [0.1, 0.15) is 6.54 Å². The van der Waals surface area contributed by atoms with Crippen LogP contribution in [0.2, 0.25) is 0 Å². The van der Waals surface area contributed by atoms with Crippen LogP contribution in [0.15, 0.2) is 24.3 Å². The Hall–Kier alpha value is -1.88. The summed E-state index contributed by atoms with van der Waals surface area (Å²) in [6, 6.07) is 7.92. The summed E-state index contributed by atoms with van der Waals surface area (Å²) in [5.74, 6) is -0.625. The van der Waals surface area contributed by atoms with Crippen molar-refractivity contribution in [3.63, 3.8) is 0 Å². The molecule has 5 heteroatoms. The van der Waals surface area contributed by atoms with E-state index in [9.17, 15) is 9.59 Å². The molecular weight excluding hydrogens is 282 g/mol. The lowest BCUT2D eigenvalue weighted by molar-refractivity contribution is -0.144. The van der Waals surface area contributed by atoms with Gasteiger partial charge in [0.05, 0.1) is 13.0 Å². The average Bonchev–Trinajstić information content (AvgIpc) is 2.44. The monoisotopic (exact) mass is 307 g/mol. The molecule has 1 amide bonds. The first-order valence-electron chi connectivity index (χ1n) is 7.48. The number of carbonyl (C=O) groups excluding carboxylic acids is 1. The van der Waals surface area contributed by atoms with Crippen LogP contribution in [0, 0.1) is 5.92 Å². The van der Waals surface area contributed by atoms with Crippen molar-refractivity contribution in [3.8, 4) is 0 Å². The highest BCUT2D eigenvalue weighted by Gasteiger charge is 2.16. The van der Waals surface area contributed by atoms with E-state index in [2.05, 4.69) is 13.8 Å². The third-order valence-electron chi connectivity index (χ3n) is 3.27. The fourth-order valence-electron chi connectivity index (χ4n) is 2.21. The summed E-state index contributed by atoms with van der Waals surface area (Å²) < 4.78 is 4.92. The molecule has 0 saturated heterocycles. The number of aliphatic carboxylic acids is 1. The Morgan fingerprint density at radius 2 is 1.77 bits per heavy atom. The smallest absolute Gasteiger partial charge is 0.323 e. The molecule has 1 aromatic carbocycles. The standard InChI is InChI=1S/C17H25NO4/c1-13(2)10-14-4-6-15(7-5-14)11-16(19)18(8-9-22-3)12-17(20)21/h4-7,13H,8-12H2,1-3H3,(H,20,21). The summed E-state index contributed by atoms with van der Waals surface area (Å²) in [6.07, 6.45) is 1.21. The van der Waals surface area contributed by atoms with Crippen LogP contribution in [0.4, 0.5) is 0 Å². The lowest BCUT2D eigenvalue weighted by Gasteiger charge is -2.20. The van der Waals surface area contributed by atoms with E-state index >= 15 is 0 Å². The van der Waals surface area contributed by atoms with Crippen LogP contribution in [-0.4, -0.2) is 48.7 Å². The van der Waals surface area contributed by atoms with Crippen molar-refractivity contribution in [3.05, 3.63) is 35.4 Å². The van der Waals surface area contributed by atoms with Gasteiger partial charge in [0.25, 0.3) is 0 Å². The van der Waals surface area contributed by atoms with E-state index in [4.69, 9.17) is 9.84 Å². The maximum atomic E-state index is 12.2. The predicted octanol–water partition coefficient (Wildman–Crippen LogP) is 1.99. The van der Waals surface area contributed by atoms with Gasteiger partial charge in [-0.3, -0.25) is 9.59 Å². The minimum Gasteiger partial charge on any atom is -0.480 e. The summed E-state index contributed by atoms with van der Waals surface area (Å²) in [7, 11) is 1.52.